The summed E-state index contributed by atoms with van der Waals surface area (Å²) < 4.78 is 22.3. The summed E-state index contributed by atoms with van der Waals surface area (Å²) in [6, 6.07) is 9.46. The fraction of sp³-hybridized carbons (Fsp3) is 0.214. The van der Waals surface area contributed by atoms with Gasteiger partial charge in [0.05, 0.1) is 5.56 Å². The Bertz CT molecular complexity index is 752. The van der Waals surface area contributed by atoms with Gasteiger partial charge in [0.15, 0.2) is 0 Å². The predicted molar refractivity (Wildman–Crippen MR) is 89.9 cm³/mol. The summed E-state index contributed by atoms with van der Waals surface area (Å²) in [5.74, 6) is 0.441. The van der Waals surface area contributed by atoms with E-state index in [1.165, 1.54) is 17.0 Å². The maximum absolute atomic E-state index is 11.9. The number of hydrogen-bond acceptors (Lipinski definition) is 5. The first-order chi connectivity index (χ1) is 10.4. The topological polar surface area (TPSA) is 89.3 Å². The molecule has 0 aliphatic heterocycles. The fourth-order valence-electron chi connectivity index (χ4n) is 1.65. The van der Waals surface area contributed by atoms with Gasteiger partial charge in [0.25, 0.3) is 5.91 Å². The molecule has 0 saturated carbocycles. The highest BCUT2D eigenvalue weighted by Crippen LogP contribution is 2.19. The number of primary sulfonamides is 1. The molecule has 0 radical (unpaired) electrons. The van der Waals surface area contributed by atoms with Crippen molar-refractivity contribution in [3.05, 3.63) is 46.8 Å². The molecule has 0 aliphatic rings. The Labute approximate surface area is 138 Å². The van der Waals surface area contributed by atoms with Crippen molar-refractivity contribution in [2.45, 2.75) is 16.0 Å². The SMILES string of the molecule is Cc1ccc(SCCNC(=O)c2csc(S(N)(=O)=O)c2)cc1. The van der Waals surface area contributed by atoms with Crippen LogP contribution in [0.1, 0.15) is 15.9 Å². The lowest BCUT2D eigenvalue weighted by molar-refractivity contribution is 0.0956. The van der Waals surface area contributed by atoms with Crippen molar-refractivity contribution in [3.8, 4) is 0 Å². The summed E-state index contributed by atoms with van der Waals surface area (Å²) in [4.78, 5) is 13.0. The summed E-state index contributed by atoms with van der Waals surface area (Å²) in [5, 5.41) is 9.26. The number of amides is 1. The van der Waals surface area contributed by atoms with Crippen molar-refractivity contribution in [3.63, 3.8) is 0 Å². The Morgan fingerprint density at radius 2 is 2.00 bits per heavy atom. The van der Waals surface area contributed by atoms with Crippen LogP contribution >= 0.6 is 23.1 Å². The Morgan fingerprint density at radius 1 is 1.32 bits per heavy atom. The van der Waals surface area contributed by atoms with Crippen molar-refractivity contribution >= 4 is 39.0 Å². The van der Waals surface area contributed by atoms with E-state index in [4.69, 9.17) is 5.14 Å². The number of nitrogens with two attached hydrogens (primary N) is 1. The number of aryl methyl sites for hydroxylation is 1. The average Bonchev–Trinajstić information content (AvgIpc) is 2.95. The van der Waals surface area contributed by atoms with Gasteiger partial charge in [-0.1, -0.05) is 17.7 Å². The standard InChI is InChI=1S/C14H16N2O3S3/c1-10-2-4-12(5-3-10)20-7-6-16-14(17)11-8-13(21-9-11)22(15,18)19/h2-5,8-9H,6-7H2,1H3,(H,16,17)(H2,15,18,19). The molecule has 3 N–H and O–H groups in total. The monoisotopic (exact) mass is 356 g/mol. The van der Waals surface area contributed by atoms with E-state index in [9.17, 15) is 13.2 Å². The minimum absolute atomic E-state index is 0.00770. The molecule has 1 amide bonds. The number of hydrogen-bond donors (Lipinski definition) is 2. The molecule has 22 heavy (non-hydrogen) atoms. The van der Waals surface area contributed by atoms with Gasteiger partial charge in [-0.3, -0.25) is 4.79 Å². The number of thioether (sulfide) groups is 1. The summed E-state index contributed by atoms with van der Waals surface area (Å²) in [5.41, 5.74) is 1.52. The largest absolute Gasteiger partial charge is 0.351 e. The van der Waals surface area contributed by atoms with Crippen LogP contribution < -0.4 is 10.5 Å². The minimum Gasteiger partial charge on any atom is -0.351 e. The van der Waals surface area contributed by atoms with E-state index in [1.807, 2.05) is 31.2 Å². The molecule has 0 atom stereocenters. The lowest BCUT2D eigenvalue weighted by Gasteiger charge is -2.04. The third-order valence-corrected chi connectivity index (χ3v) is 6.20. The van der Waals surface area contributed by atoms with E-state index in [1.54, 1.807) is 11.8 Å². The number of rotatable bonds is 6. The summed E-state index contributed by atoms with van der Waals surface area (Å²) in [7, 11) is -3.75. The second-order valence-electron chi connectivity index (χ2n) is 4.62. The molecule has 0 bridgehead atoms. The van der Waals surface area contributed by atoms with Gasteiger partial charge in [-0.2, -0.15) is 0 Å². The Morgan fingerprint density at radius 3 is 2.59 bits per heavy atom. The van der Waals surface area contributed by atoms with E-state index in [2.05, 4.69) is 5.32 Å². The van der Waals surface area contributed by atoms with Crippen LogP contribution in [-0.4, -0.2) is 26.6 Å². The molecule has 0 saturated heterocycles. The van der Waals surface area contributed by atoms with Crippen molar-refractivity contribution in [1.82, 2.24) is 5.32 Å². The molecular formula is C14H16N2O3S3. The highest BCUT2D eigenvalue weighted by atomic mass is 32.2. The highest BCUT2D eigenvalue weighted by Gasteiger charge is 2.14. The van der Waals surface area contributed by atoms with Crippen molar-refractivity contribution in [2.24, 2.45) is 5.14 Å². The molecule has 1 aromatic carbocycles. The van der Waals surface area contributed by atoms with Gasteiger partial charge >= 0.3 is 0 Å². The lowest BCUT2D eigenvalue weighted by atomic mass is 10.2. The second kappa shape index (κ2) is 7.28. The zero-order chi connectivity index (χ0) is 16.2. The van der Waals surface area contributed by atoms with Gasteiger partial charge in [0, 0.05) is 22.6 Å². The highest BCUT2D eigenvalue weighted by molar-refractivity contribution is 7.99. The zero-order valence-corrected chi connectivity index (χ0v) is 14.4. The van der Waals surface area contributed by atoms with Gasteiger partial charge in [0.2, 0.25) is 10.0 Å². The lowest BCUT2D eigenvalue weighted by Crippen LogP contribution is -2.25. The van der Waals surface area contributed by atoms with E-state index < -0.39 is 10.0 Å². The third kappa shape index (κ3) is 4.84. The number of sulfonamides is 1. The smallest absolute Gasteiger partial charge is 0.252 e. The molecule has 0 fully saturated rings. The molecule has 5 nitrogen and oxygen atoms in total. The zero-order valence-electron chi connectivity index (χ0n) is 11.9. The van der Waals surface area contributed by atoms with E-state index >= 15 is 0 Å². The van der Waals surface area contributed by atoms with Gasteiger partial charge < -0.3 is 5.32 Å². The van der Waals surface area contributed by atoms with E-state index in [-0.39, 0.29) is 10.1 Å². The van der Waals surface area contributed by atoms with Gasteiger partial charge in [-0.25, -0.2) is 13.6 Å². The Kier molecular flexibility index (Phi) is 5.63. The number of carbonyl (C=O) groups excluding carboxylic acids is 1. The van der Waals surface area contributed by atoms with Gasteiger partial charge in [0.1, 0.15) is 4.21 Å². The molecular weight excluding hydrogens is 340 g/mol. The van der Waals surface area contributed by atoms with Crippen LogP contribution in [0.5, 0.6) is 0 Å². The molecule has 0 unspecified atom stereocenters. The van der Waals surface area contributed by atoms with E-state index in [0.29, 0.717) is 12.1 Å². The summed E-state index contributed by atoms with van der Waals surface area (Å²) in [6.45, 7) is 2.53. The van der Waals surface area contributed by atoms with Crippen LogP contribution in [0.25, 0.3) is 0 Å². The van der Waals surface area contributed by atoms with Gasteiger partial charge in [-0.15, -0.1) is 23.1 Å². The van der Waals surface area contributed by atoms with Crippen molar-refractivity contribution in [2.75, 3.05) is 12.3 Å². The van der Waals surface area contributed by atoms with Crippen LogP contribution in [0.15, 0.2) is 44.8 Å². The Balaban J connectivity index is 1.80. The maximum Gasteiger partial charge on any atom is 0.252 e. The van der Waals surface area contributed by atoms with Crippen LogP contribution in [0, 0.1) is 6.92 Å². The van der Waals surface area contributed by atoms with Crippen LogP contribution in [0.4, 0.5) is 0 Å². The van der Waals surface area contributed by atoms with E-state index in [0.717, 1.165) is 22.0 Å². The summed E-state index contributed by atoms with van der Waals surface area (Å²) in [6.07, 6.45) is 0. The maximum atomic E-state index is 11.9. The van der Waals surface area contributed by atoms with Gasteiger partial charge in [-0.05, 0) is 25.1 Å². The molecule has 0 spiro atoms. The van der Waals surface area contributed by atoms with Crippen molar-refractivity contribution < 1.29 is 13.2 Å². The fourth-order valence-corrected chi connectivity index (χ4v) is 4.01. The summed E-state index contributed by atoms with van der Waals surface area (Å²) >= 11 is 2.59. The molecule has 0 aliphatic carbocycles. The first kappa shape index (κ1) is 17.0. The minimum atomic E-state index is -3.75. The number of thiophene rings is 1. The first-order valence-corrected chi connectivity index (χ1v) is 9.86. The molecule has 8 heteroatoms. The third-order valence-electron chi connectivity index (χ3n) is 2.80. The second-order valence-corrected chi connectivity index (χ2v) is 8.48. The molecule has 2 rings (SSSR count). The van der Waals surface area contributed by atoms with Crippen LogP contribution in [0.2, 0.25) is 0 Å². The normalized spacial score (nSPS) is 11.4. The molecule has 1 aromatic heterocycles. The predicted octanol–water partition coefficient (Wildman–Crippen LogP) is 2.23. The molecule has 1 heterocycles. The van der Waals surface area contributed by atoms with Crippen LogP contribution in [0.3, 0.4) is 0 Å². The van der Waals surface area contributed by atoms with Crippen LogP contribution in [-0.2, 0) is 10.0 Å². The number of benzene rings is 1. The average molecular weight is 356 g/mol. The number of carbonyl (C=O) groups is 1. The molecule has 118 valence electrons. The molecule has 2 aromatic rings. The Hall–Kier alpha value is -1.35. The quantitative estimate of drug-likeness (QED) is 0.613. The van der Waals surface area contributed by atoms with Crippen molar-refractivity contribution in [1.29, 1.82) is 0 Å². The first-order valence-electron chi connectivity index (χ1n) is 6.45. The number of nitrogens with one attached hydrogen (secondary N) is 1.